The van der Waals surface area contributed by atoms with E-state index in [4.69, 9.17) is 0 Å². The highest BCUT2D eigenvalue weighted by molar-refractivity contribution is 6.07. The maximum atomic E-state index is 11.3. The summed E-state index contributed by atoms with van der Waals surface area (Å²) in [5.41, 5.74) is -0.530. The molecular formula is C8H12N2O2. The lowest BCUT2D eigenvalue weighted by atomic mass is 9.67. The lowest BCUT2D eigenvalue weighted by Crippen LogP contribution is -2.56. The monoisotopic (exact) mass is 168 g/mol. The number of amides is 3. The van der Waals surface area contributed by atoms with Crippen molar-refractivity contribution < 1.29 is 9.59 Å². The van der Waals surface area contributed by atoms with Crippen LogP contribution < -0.4 is 10.6 Å². The fourth-order valence-corrected chi connectivity index (χ4v) is 2.03. The van der Waals surface area contributed by atoms with Crippen molar-refractivity contribution in [3.8, 4) is 0 Å². The van der Waals surface area contributed by atoms with Gasteiger partial charge < -0.3 is 5.32 Å². The number of hydrogen-bond acceptors (Lipinski definition) is 2. The third kappa shape index (κ3) is 0.838. The molecule has 0 bridgehead atoms. The zero-order chi connectivity index (χ0) is 8.77. The molecule has 1 saturated carbocycles. The van der Waals surface area contributed by atoms with Gasteiger partial charge >= 0.3 is 6.03 Å². The van der Waals surface area contributed by atoms with Crippen LogP contribution in [0.25, 0.3) is 0 Å². The van der Waals surface area contributed by atoms with Gasteiger partial charge in [-0.2, -0.15) is 0 Å². The predicted octanol–water partition coefficient (Wildman–Crippen LogP) is 0.385. The van der Waals surface area contributed by atoms with Gasteiger partial charge in [0.15, 0.2) is 0 Å². The first-order valence-corrected chi connectivity index (χ1v) is 4.30. The normalized spacial score (nSPS) is 39.2. The van der Waals surface area contributed by atoms with Crippen LogP contribution in [0.4, 0.5) is 4.79 Å². The summed E-state index contributed by atoms with van der Waals surface area (Å²) < 4.78 is 0. The molecule has 2 aliphatic rings. The van der Waals surface area contributed by atoms with Crippen molar-refractivity contribution in [1.82, 2.24) is 10.6 Å². The Morgan fingerprint density at radius 2 is 2.17 bits per heavy atom. The molecule has 1 saturated heterocycles. The molecule has 4 nitrogen and oxygen atoms in total. The summed E-state index contributed by atoms with van der Waals surface area (Å²) in [4.78, 5) is 22.1. The highest BCUT2D eigenvalue weighted by atomic mass is 16.2. The second-order valence-corrected chi connectivity index (χ2v) is 3.67. The van der Waals surface area contributed by atoms with Crippen LogP contribution in [0.2, 0.25) is 0 Å². The summed E-state index contributed by atoms with van der Waals surface area (Å²) in [6.07, 6.45) is 2.70. The van der Waals surface area contributed by atoms with Gasteiger partial charge in [-0.15, -0.1) is 0 Å². The van der Waals surface area contributed by atoms with E-state index in [1.807, 2.05) is 0 Å². The molecule has 0 aromatic heterocycles. The summed E-state index contributed by atoms with van der Waals surface area (Å²) in [7, 11) is 0. The molecule has 3 amide bonds. The van der Waals surface area contributed by atoms with Gasteiger partial charge in [0.05, 0.1) is 0 Å². The summed E-state index contributed by atoms with van der Waals surface area (Å²) in [5, 5.41) is 4.95. The average molecular weight is 168 g/mol. The van der Waals surface area contributed by atoms with Gasteiger partial charge in [-0.25, -0.2) is 4.79 Å². The molecule has 2 fully saturated rings. The lowest BCUT2D eigenvalue weighted by Gasteiger charge is -2.41. The predicted molar refractivity (Wildman–Crippen MR) is 42.4 cm³/mol. The van der Waals surface area contributed by atoms with E-state index in [2.05, 4.69) is 17.6 Å². The fourth-order valence-electron chi connectivity index (χ4n) is 2.03. The molecule has 1 spiro atoms. The first kappa shape index (κ1) is 7.58. The molecule has 0 radical (unpaired) electrons. The molecule has 0 aromatic carbocycles. The SMILES string of the molecule is CC[C@H]1C[C@@]2(C1)NC(=O)NC2=O. The van der Waals surface area contributed by atoms with E-state index in [1.165, 1.54) is 0 Å². The molecular weight excluding hydrogens is 156 g/mol. The molecule has 2 N–H and O–H groups in total. The molecule has 0 unspecified atom stereocenters. The second kappa shape index (κ2) is 2.21. The van der Waals surface area contributed by atoms with E-state index in [0.717, 1.165) is 19.3 Å². The average Bonchev–Trinajstić information content (AvgIpc) is 2.22. The molecule has 4 heteroatoms. The van der Waals surface area contributed by atoms with E-state index >= 15 is 0 Å². The Labute approximate surface area is 70.7 Å². The highest BCUT2D eigenvalue weighted by Gasteiger charge is 2.54. The van der Waals surface area contributed by atoms with Crippen LogP contribution in [0.15, 0.2) is 0 Å². The number of carbonyl (C=O) groups excluding carboxylic acids is 2. The van der Waals surface area contributed by atoms with Gasteiger partial charge in [-0.1, -0.05) is 13.3 Å². The van der Waals surface area contributed by atoms with Crippen LogP contribution in [0.1, 0.15) is 26.2 Å². The van der Waals surface area contributed by atoms with Crippen molar-refractivity contribution in [3.63, 3.8) is 0 Å². The third-order valence-electron chi connectivity index (χ3n) is 2.87. The van der Waals surface area contributed by atoms with Gasteiger partial charge in [-0.3, -0.25) is 10.1 Å². The van der Waals surface area contributed by atoms with Crippen LogP contribution in [0.3, 0.4) is 0 Å². The number of nitrogens with one attached hydrogen (secondary N) is 2. The lowest BCUT2D eigenvalue weighted by molar-refractivity contribution is -0.128. The smallest absolute Gasteiger partial charge is 0.322 e. The fraction of sp³-hybridized carbons (Fsp3) is 0.750. The largest absolute Gasteiger partial charge is 0.323 e. The van der Waals surface area contributed by atoms with E-state index in [9.17, 15) is 9.59 Å². The van der Waals surface area contributed by atoms with Gasteiger partial charge in [-0.05, 0) is 18.8 Å². The summed E-state index contributed by atoms with van der Waals surface area (Å²) in [6.45, 7) is 2.10. The minimum Gasteiger partial charge on any atom is -0.323 e. The Bertz CT molecular complexity index is 243. The zero-order valence-corrected chi connectivity index (χ0v) is 7.02. The molecule has 66 valence electrons. The van der Waals surface area contributed by atoms with Gasteiger partial charge in [0.1, 0.15) is 5.54 Å². The van der Waals surface area contributed by atoms with Crippen LogP contribution in [-0.2, 0) is 4.79 Å². The second-order valence-electron chi connectivity index (χ2n) is 3.67. The molecule has 1 aliphatic carbocycles. The van der Waals surface area contributed by atoms with Crippen molar-refractivity contribution in [3.05, 3.63) is 0 Å². The van der Waals surface area contributed by atoms with Crippen molar-refractivity contribution in [2.75, 3.05) is 0 Å². The highest BCUT2D eigenvalue weighted by Crippen LogP contribution is 2.41. The maximum absolute atomic E-state index is 11.3. The maximum Gasteiger partial charge on any atom is 0.322 e. The van der Waals surface area contributed by atoms with Crippen LogP contribution in [0.5, 0.6) is 0 Å². The van der Waals surface area contributed by atoms with E-state index in [0.29, 0.717) is 5.92 Å². The number of urea groups is 1. The standard InChI is InChI=1S/C8H12N2O2/c1-2-5-3-8(4-5)6(11)9-7(12)10-8/h5H,2-4H2,1H3,(H2,9,10,11,12)/t5-,8-. The van der Waals surface area contributed by atoms with Gasteiger partial charge in [0.2, 0.25) is 0 Å². The number of imide groups is 1. The Kier molecular flexibility index (Phi) is 1.40. The Hall–Kier alpha value is -1.06. The minimum absolute atomic E-state index is 0.141. The summed E-state index contributed by atoms with van der Waals surface area (Å²) >= 11 is 0. The topological polar surface area (TPSA) is 58.2 Å². The number of rotatable bonds is 1. The van der Waals surface area contributed by atoms with E-state index < -0.39 is 5.54 Å². The van der Waals surface area contributed by atoms with Crippen LogP contribution in [0, 0.1) is 5.92 Å². The van der Waals surface area contributed by atoms with Gasteiger partial charge in [0.25, 0.3) is 5.91 Å². The Morgan fingerprint density at radius 1 is 1.50 bits per heavy atom. The van der Waals surface area contributed by atoms with Crippen molar-refractivity contribution in [1.29, 1.82) is 0 Å². The van der Waals surface area contributed by atoms with E-state index in [-0.39, 0.29) is 11.9 Å². The molecule has 1 heterocycles. The molecule has 0 aromatic rings. The summed E-state index contributed by atoms with van der Waals surface area (Å²) in [6, 6.07) is -0.338. The van der Waals surface area contributed by atoms with Crippen molar-refractivity contribution >= 4 is 11.9 Å². The van der Waals surface area contributed by atoms with Crippen molar-refractivity contribution in [2.45, 2.75) is 31.7 Å². The quantitative estimate of drug-likeness (QED) is 0.556. The third-order valence-corrected chi connectivity index (χ3v) is 2.87. The number of carbonyl (C=O) groups is 2. The molecule has 1 aliphatic heterocycles. The summed E-state index contributed by atoms with van der Waals surface area (Å²) in [5.74, 6) is 0.464. The van der Waals surface area contributed by atoms with Crippen molar-refractivity contribution in [2.24, 2.45) is 5.92 Å². The Morgan fingerprint density at radius 3 is 2.58 bits per heavy atom. The molecule has 2 rings (SSSR count). The number of hydrogen-bond donors (Lipinski definition) is 2. The van der Waals surface area contributed by atoms with E-state index in [1.54, 1.807) is 0 Å². The minimum atomic E-state index is -0.530. The zero-order valence-electron chi connectivity index (χ0n) is 7.02. The first-order chi connectivity index (χ1) is 5.66. The van der Waals surface area contributed by atoms with Gasteiger partial charge in [0, 0.05) is 0 Å². The molecule has 0 atom stereocenters. The first-order valence-electron chi connectivity index (χ1n) is 4.30. The molecule has 12 heavy (non-hydrogen) atoms. The van der Waals surface area contributed by atoms with Crippen LogP contribution in [-0.4, -0.2) is 17.5 Å². The Balaban J connectivity index is 2.06. The van der Waals surface area contributed by atoms with Crippen LogP contribution >= 0.6 is 0 Å².